The van der Waals surface area contributed by atoms with Gasteiger partial charge in [0.2, 0.25) is 11.8 Å². The minimum Gasteiger partial charge on any atom is -0.341 e. The van der Waals surface area contributed by atoms with Crippen LogP contribution in [0.5, 0.6) is 0 Å². The average molecular weight is 302 g/mol. The lowest BCUT2D eigenvalue weighted by Crippen LogP contribution is -2.45. The Balaban J connectivity index is 2.14. The second kappa shape index (κ2) is 6.95. The van der Waals surface area contributed by atoms with Gasteiger partial charge in [0, 0.05) is 25.7 Å². The Morgan fingerprint density at radius 3 is 2.45 bits per heavy atom. The molecule has 0 unspecified atom stereocenters. The van der Waals surface area contributed by atoms with E-state index in [-0.39, 0.29) is 18.4 Å². The number of hydrogen-bond acceptors (Lipinski definition) is 2. The van der Waals surface area contributed by atoms with Crippen molar-refractivity contribution < 1.29 is 9.59 Å². The fourth-order valence-electron chi connectivity index (χ4n) is 2.87. The summed E-state index contributed by atoms with van der Waals surface area (Å²) >= 11 is 0. The third kappa shape index (κ3) is 3.87. The number of benzene rings is 1. The van der Waals surface area contributed by atoms with E-state index in [1.54, 1.807) is 4.90 Å². The van der Waals surface area contributed by atoms with Gasteiger partial charge in [0.1, 0.15) is 6.54 Å². The van der Waals surface area contributed by atoms with E-state index in [1.807, 2.05) is 36.9 Å². The van der Waals surface area contributed by atoms with Crippen LogP contribution < -0.4 is 4.90 Å². The summed E-state index contributed by atoms with van der Waals surface area (Å²) in [6.45, 7) is 9.45. The molecule has 4 heteroatoms. The Kier molecular flexibility index (Phi) is 5.22. The highest BCUT2D eigenvalue weighted by Gasteiger charge is 2.24. The topological polar surface area (TPSA) is 40.6 Å². The molecule has 0 bridgehead atoms. The molecule has 1 heterocycles. The van der Waals surface area contributed by atoms with Crippen LogP contribution in [0, 0.1) is 19.8 Å². The van der Waals surface area contributed by atoms with Gasteiger partial charge < -0.3 is 9.80 Å². The number of rotatable bonds is 3. The van der Waals surface area contributed by atoms with Gasteiger partial charge in [-0.2, -0.15) is 0 Å². The van der Waals surface area contributed by atoms with Crippen LogP contribution in [0.15, 0.2) is 18.2 Å². The zero-order chi connectivity index (χ0) is 16.3. The number of amides is 2. The average Bonchev–Trinajstić information content (AvgIpc) is 2.47. The molecular formula is C18H26N2O2. The maximum absolute atomic E-state index is 12.5. The standard InChI is InChI=1S/C18H26N2O2/c1-13-7-9-19(10-8-13)18(22)12-20(16(4)21)17-11-14(2)5-6-15(17)3/h5-6,11,13H,7-10,12H2,1-4H3. The summed E-state index contributed by atoms with van der Waals surface area (Å²) < 4.78 is 0. The van der Waals surface area contributed by atoms with Crippen molar-refractivity contribution in [3.8, 4) is 0 Å². The first-order valence-corrected chi connectivity index (χ1v) is 8.01. The molecule has 2 rings (SSSR count). The third-order valence-electron chi connectivity index (χ3n) is 4.47. The molecule has 22 heavy (non-hydrogen) atoms. The van der Waals surface area contributed by atoms with Crippen LogP contribution in [0.25, 0.3) is 0 Å². The Morgan fingerprint density at radius 2 is 1.86 bits per heavy atom. The van der Waals surface area contributed by atoms with E-state index < -0.39 is 0 Å². The molecule has 1 aliphatic heterocycles. The van der Waals surface area contributed by atoms with Gasteiger partial charge >= 0.3 is 0 Å². The highest BCUT2D eigenvalue weighted by Crippen LogP contribution is 2.23. The number of carbonyl (C=O) groups is 2. The Labute approximate surface area is 133 Å². The normalized spacial score (nSPS) is 15.7. The number of likely N-dealkylation sites (tertiary alicyclic amines) is 1. The quantitative estimate of drug-likeness (QED) is 0.861. The van der Waals surface area contributed by atoms with Crippen molar-refractivity contribution in [2.24, 2.45) is 5.92 Å². The summed E-state index contributed by atoms with van der Waals surface area (Å²) in [5.74, 6) is 0.641. The molecule has 0 spiro atoms. The van der Waals surface area contributed by atoms with Crippen LogP contribution in [0.3, 0.4) is 0 Å². The number of carbonyl (C=O) groups excluding carboxylic acids is 2. The Hall–Kier alpha value is -1.84. The fraction of sp³-hybridized carbons (Fsp3) is 0.556. The molecule has 1 aromatic carbocycles. The number of nitrogens with zero attached hydrogens (tertiary/aromatic N) is 2. The zero-order valence-electron chi connectivity index (χ0n) is 14.1. The van der Waals surface area contributed by atoms with Crippen molar-refractivity contribution in [1.29, 1.82) is 0 Å². The van der Waals surface area contributed by atoms with E-state index in [4.69, 9.17) is 0 Å². The largest absolute Gasteiger partial charge is 0.341 e. The van der Waals surface area contributed by atoms with Crippen LogP contribution in [0.2, 0.25) is 0 Å². The molecule has 1 aliphatic rings. The van der Waals surface area contributed by atoms with Gasteiger partial charge in [-0.3, -0.25) is 9.59 Å². The van der Waals surface area contributed by atoms with E-state index in [2.05, 4.69) is 6.92 Å². The lowest BCUT2D eigenvalue weighted by molar-refractivity contribution is -0.132. The summed E-state index contributed by atoms with van der Waals surface area (Å²) in [5, 5.41) is 0. The molecule has 0 atom stereocenters. The maximum atomic E-state index is 12.5. The molecule has 0 saturated carbocycles. The van der Waals surface area contributed by atoms with Crippen molar-refractivity contribution in [3.63, 3.8) is 0 Å². The lowest BCUT2D eigenvalue weighted by Gasteiger charge is -2.32. The first kappa shape index (κ1) is 16.5. The van der Waals surface area contributed by atoms with E-state index in [0.717, 1.165) is 42.7 Å². The van der Waals surface area contributed by atoms with Crippen LogP contribution in [-0.4, -0.2) is 36.3 Å². The zero-order valence-corrected chi connectivity index (χ0v) is 14.1. The van der Waals surface area contributed by atoms with Gasteiger partial charge in [0.15, 0.2) is 0 Å². The lowest BCUT2D eigenvalue weighted by atomic mass is 9.99. The summed E-state index contributed by atoms with van der Waals surface area (Å²) in [7, 11) is 0. The number of aryl methyl sites for hydroxylation is 2. The monoisotopic (exact) mass is 302 g/mol. The van der Waals surface area contributed by atoms with E-state index in [1.165, 1.54) is 6.92 Å². The van der Waals surface area contributed by atoms with Gasteiger partial charge in [-0.1, -0.05) is 19.1 Å². The minimum atomic E-state index is -0.0903. The molecule has 0 N–H and O–H groups in total. The Morgan fingerprint density at radius 1 is 1.23 bits per heavy atom. The van der Waals surface area contributed by atoms with Crippen LogP contribution >= 0.6 is 0 Å². The fourth-order valence-corrected chi connectivity index (χ4v) is 2.87. The van der Waals surface area contributed by atoms with Gasteiger partial charge in [0.25, 0.3) is 0 Å². The summed E-state index contributed by atoms with van der Waals surface area (Å²) in [4.78, 5) is 28.0. The molecule has 4 nitrogen and oxygen atoms in total. The molecule has 1 saturated heterocycles. The number of anilines is 1. The third-order valence-corrected chi connectivity index (χ3v) is 4.47. The van der Waals surface area contributed by atoms with E-state index >= 15 is 0 Å². The smallest absolute Gasteiger partial charge is 0.242 e. The highest BCUT2D eigenvalue weighted by atomic mass is 16.2. The van der Waals surface area contributed by atoms with Crippen molar-refractivity contribution in [2.45, 2.75) is 40.5 Å². The predicted octanol–water partition coefficient (Wildman–Crippen LogP) is 2.91. The van der Waals surface area contributed by atoms with Gasteiger partial charge in [-0.25, -0.2) is 0 Å². The second-order valence-corrected chi connectivity index (χ2v) is 6.46. The van der Waals surface area contributed by atoms with Gasteiger partial charge in [0.05, 0.1) is 0 Å². The van der Waals surface area contributed by atoms with Crippen LogP contribution in [0.4, 0.5) is 5.69 Å². The first-order valence-electron chi connectivity index (χ1n) is 8.01. The first-order chi connectivity index (χ1) is 10.4. The number of hydrogen-bond donors (Lipinski definition) is 0. The molecule has 1 aromatic rings. The van der Waals surface area contributed by atoms with Crippen molar-refractivity contribution in [3.05, 3.63) is 29.3 Å². The molecule has 0 aliphatic carbocycles. The van der Waals surface area contributed by atoms with Crippen molar-refractivity contribution >= 4 is 17.5 Å². The summed E-state index contributed by atoms with van der Waals surface area (Å²) in [5.41, 5.74) is 2.94. The molecule has 2 amide bonds. The minimum absolute atomic E-state index is 0.0445. The molecular weight excluding hydrogens is 276 g/mol. The second-order valence-electron chi connectivity index (χ2n) is 6.46. The molecule has 1 fully saturated rings. The van der Waals surface area contributed by atoms with Gasteiger partial charge in [-0.15, -0.1) is 0 Å². The number of piperidine rings is 1. The highest BCUT2D eigenvalue weighted by molar-refractivity contribution is 5.98. The van der Waals surface area contributed by atoms with Crippen LogP contribution in [0.1, 0.15) is 37.8 Å². The SMILES string of the molecule is CC(=O)N(CC(=O)N1CCC(C)CC1)c1cc(C)ccc1C. The molecule has 0 aromatic heterocycles. The van der Waals surface area contributed by atoms with E-state index in [0.29, 0.717) is 5.92 Å². The van der Waals surface area contributed by atoms with E-state index in [9.17, 15) is 9.59 Å². The maximum Gasteiger partial charge on any atom is 0.242 e. The van der Waals surface area contributed by atoms with Crippen molar-refractivity contribution in [2.75, 3.05) is 24.5 Å². The van der Waals surface area contributed by atoms with Crippen molar-refractivity contribution in [1.82, 2.24) is 4.90 Å². The molecule has 0 radical (unpaired) electrons. The molecule has 120 valence electrons. The van der Waals surface area contributed by atoms with Crippen LogP contribution in [-0.2, 0) is 9.59 Å². The Bertz CT molecular complexity index is 560. The summed E-state index contributed by atoms with van der Waals surface area (Å²) in [6, 6.07) is 5.99. The predicted molar refractivity (Wildman–Crippen MR) is 88.9 cm³/mol. The summed E-state index contributed by atoms with van der Waals surface area (Å²) in [6.07, 6.45) is 2.10. The van der Waals surface area contributed by atoms with Gasteiger partial charge in [-0.05, 0) is 49.8 Å².